The van der Waals surface area contributed by atoms with Crippen LogP contribution in [0, 0.1) is 17.0 Å². The summed E-state index contributed by atoms with van der Waals surface area (Å²) in [6, 6.07) is 11.9. The van der Waals surface area contributed by atoms with Crippen molar-refractivity contribution in [3.05, 3.63) is 81.1 Å². The van der Waals surface area contributed by atoms with Crippen LogP contribution < -0.4 is 4.74 Å². The molecule has 26 heavy (non-hydrogen) atoms. The second-order valence-corrected chi connectivity index (χ2v) is 6.21. The summed E-state index contributed by atoms with van der Waals surface area (Å²) in [6.07, 6.45) is 2.75. The van der Waals surface area contributed by atoms with Crippen molar-refractivity contribution < 1.29 is 9.66 Å². The summed E-state index contributed by atoms with van der Waals surface area (Å²) >= 11 is 6.31. The van der Waals surface area contributed by atoms with Gasteiger partial charge in [0.25, 0.3) is 5.69 Å². The zero-order chi connectivity index (χ0) is 18.7. The highest BCUT2D eigenvalue weighted by Crippen LogP contribution is 2.32. The van der Waals surface area contributed by atoms with E-state index in [1.165, 1.54) is 18.3 Å². The zero-order valence-corrected chi connectivity index (χ0v) is 15.0. The molecule has 1 aromatic heterocycles. The molecule has 1 unspecified atom stereocenters. The molecule has 0 N–H and O–H groups in total. The molecule has 7 heteroatoms. The third-order valence-corrected chi connectivity index (χ3v) is 4.23. The van der Waals surface area contributed by atoms with E-state index in [2.05, 4.69) is 9.97 Å². The molecular formula is C19H16ClN3O3. The van der Waals surface area contributed by atoms with Gasteiger partial charge in [-0.3, -0.25) is 10.1 Å². The summed E-state index contributed by atoms with van der Waals surface area (Å²) in [5, 5.41) is 11.4. The molecule has 2 aromatic carbocycles. The van der Waals surface area contributed by atoms with Crippen molar-refractivity contribution in [1.82, 2.24) is 9.97 Å². The fraction of sp³-hybridized carbons (Fsp3) is 0.158. The van der Waals surface area contributed by atoms with Crippen LogP contribution in [-0.4, -0.2) is 14.9 Å². The van der Waals surface area contributed by atoms with E-state index in [4.69, 9.17) is 16.3 Å². The number of halogens is 1. The molecule has 1 atom stereocenters. The topological polar surface area (TPSA) is 78.2 Å². The number of nitro benzene ring substituents is 1. The largest absolute Gasteiger partial charge is 0.468 e. The van der Waals surface area contributed by atoms with Gasteiger partial charge in [0.1, 0.15) is 11.8 Å². The van der Waals surface area contributed by atoms with E-state index < -0.39 is 4.92 Å². The van der Waals surface area contributed by atoms with Crippen LogP contribution in [0.4, 0.5) is 5.69 Å². The highest BCUT2D eigenvalue weighted by molar-refractivity contribution is 6.31. The van der Waals surface area contributed by atoms with Crippen molar-refractivity contribution in [1.29, 1.82) is 0 Å². The Hall–Kier alpha value is -2.99. The maximum atomic E-state index is 10.8. The van der Waals surface area contributed by atoms with Crippen LogP contribution in [0.1, 0.15) is 24.2 Å². The first kappa shape index (κ1) is 17.8. The molecule has 1 heterocycles. The summed E-state index contributed by atoms with van der Waals surface area (Å²) in [4.78, 5) is 18.9. The first-order valence-corrected chi connectivity index (χ1v) is 8.32. The standard InChI is InChI=1S/C19H16ClN3O3/c1-12-3-8-16(17(20)11-12)13(2)26-19-18(21-9-10-22-19)14-4-6-15(7-5-14)23(24)25/h3-11,13H,1-2H3. The Labute approximate surface area is 155 Å². The first-order valence-electron chi connectivity index (χ1n) is 7.94. The van der Waals surface area contributed by atoms with Crippen molar-refractivity contribution in [3.8, 4) is 17.1 Å². The van der Waals surface area contributed by atoms with Crippen LogP contribution in [0.15, 0.2) is 54.9 Å². The minimum Gasteiger partial charge on any atom is -0.468 e. The van der Waals surface area contributed by atoms with Gasteiger partial charge in [0.05, 0.1) is 4.92 Å². The number of nitrogens with zero attached hydrogens (tertiary/aromatic N) is 3. The summed E-state index contributed by atoms with van der Waals surface area (Å²) in [5.74, 6) is 0.338. The summed E-state index contributed by atoms with van der Waals surface area (Å²) < 4.78 is 5.99. The van der Waals surface area contributed by atoms with E-state index in [0.29, 0.717) is 22.2 Å². The van der Waals surface area contributed by atoms with Crippen LogP contribution in [-0.2, 0) is 0 Å². The molecule has 0 spiro atoms. The molecule has 0 aliphatic carbocycles. The number of nitro groups is 1. The van der Waals surface area contributed by atoms with Crippen molar-refractivity contribution in [2.45, 2.75) is 20.0 Å². The Morgan fingerprint density at radius 3 is 2.46 bits per heavy atom. The third-order valence-electron chi connectivity index (χ3n) is 3.90. The molecular weight excluding hydrogens is 354 g/mol. The smallest absolute Gasteiger partial charge is 0.269 e. The lowest BCUT2D eigenvalue weighted by molar-refractivity contribution is -0.384. The van der Waals surface area contributed by atoms with E-state index >= 15 is 0 Å². The molecule has 6 nitrogen and oxygen atoms in total. The normalized spacial score (nSPS) is 11.8. The molecule has 0 fully saturated rings. The number of aryl methyl sites for hydroxylation is 1. The van der Waals surface area contributed by atoms with E-state index in [9.17, 15) is 10.1 Å². The Morgan fingerprint density at radius 2 is 1.81 bits per heavy atom. The summed E-state index contributed by atoms with van der Waals surface area (Å²) in [7, 11) is 0. The zero-order valence-electron chi connectivity index (χ0n) is 14.2. The van der Waals surface area contributed by atoms with Crippen LogP contribution >= 0.6 is 11.6 Å². The Kier molecular flexibility index (Phi) is 5.14. The number of rotatable bonds is 5. The molecule has 0 saturated carbocycles. The van der Waals surface area contributed by atoms with E-state index in [1.54, 1.807) is 18.3 Å². The van der Waals surface area contributed by atoms with Crippen LogP contribution in [0.5, 0.6) is 5.88 Å². The average Bonchev–Trinajstić information content (AvgIpc) is 2.62. The minimum absolute atomic E-state index is 0.0138. The number of hydrogen-bond acceptors (Lipinski definition) is 5. The van der Waals surface area contributed by atoms with Gasteiger partial charge in [-0.25, -0.2) is 9.97 Å². The number of benzene rings is 2. The van der Waals surface area contributed by atoms with Crippen LogP contribution in [0.25, 0.3) is 11.3 Å². The third kappa shape index (κ3) is 3.81. The van der Waals surface area contributed by atoms with E-state index in [-0.39, 0.29) is 11.8 Å². The summed E-state index contributed by atoms with van der Waals surface area (Å²) in [5.41, 5.74) is 3.12. The quantitative estimate of drug-likeness (QED) is 0.459. The highest BCUT2D eigenvalue weighted by Gasteiger charge is 2.17. The second-order valence-electron chi connectivity index (χ2n) is 5.80. The molecule has 0 radical (unpaired) electrons. The van der Waals surface area contributed by atoms with Crippen molar-refractivity contribution in [2.75, 3.05) is 0 Å². The molecule has 0 aliphatic rings. The van der Waals surface area contributed by atoms with E-state index in [0.717, 1.165) is 11.1 Å². The van der Waals surface area contributed by atoms with Gasteiger partial charge in [-0.2, -0.15) is 0 Å². The molecule has 0 aliphatic heterocycles. The monoisotopic (exact) mass is 369 g/mol. The Bertz CT molecular complexity index is 945. The van der Waals surface area contributed by atoms with Crippen molar-refractivity contribution >= 4 is 17.3 Å². The van der Waals surface area contributed by atoms with Gasteiger partial charge in [-0.15, -0.1) is 0 Å². The molecule has 3 rings (SSSR count). The second kappa shape index (κ2) is 7.49. The van der Waals surface area contributed by atoms with Gasteiger partial charge in [-0.1, -0.05) is 23.7 Å². The lowest BCUT2D eigenvalue weighted by atomic mass is 10.1. The summed E-state index contributed by atoms with van der Waals surface area (Å²) in [6.45, 7) is 3.85. The van der Waals surface area contributed by atoms with Crippen LogP contribution in [0.2, 0.25) is 5.02 Å². The van der Waals surface area contributed by atoms with Gasteiger partial charge in [0.15, 0.2) is 0 Å². The van der Waals surface area contributed by atoms with Crippen molar-refractivity contribution in [2.24, 2.45) is 0 Å². The average molecular weight is 370 g/mol. The minimum atomic E-state index is -0.445. The maximum Gasteiger partial charge on any atom is 0.269 e. The lowest BCUT2D eigenvalue weighted by Crippen LogP contribution is -2.07. The predicted molar refractivity (Wildman–Crippen MR) is 99.4 cm³/mol. The number of ether oxygens (including phenoxy) is 1. The van der Waals surface area contributed by atoms with Gasteiger partial charge < -0.3 is 4.74 Å². The predicted octanol–water partition coefficient (Wildman–Crippen LogP) is 5.15. The number of non-ortho nitro benzene ring substituents is 1. The lowest BCUT2D eigenvalue weighted by Gasteiger charge is -2.17. The highest BCUT2D eigenvalue weighted by atomic mass is 35.5. The fourth-order valence-electron chi connectivity index (χ4n) is 2.54. The SMILES string of the molecule is Cc1ccc(C(C)Oc2nccnc2-c2ccc([N+](=O)[O-])cc2)c(Cl)c1. The Morgan fingerprint density at radius 1 is 1.12 bits per heavy atom. The molecule has 0 saturated heterocycles. The first-order chi connectivity index (χ1) is 12.5. The molecule has 0 amide bonds. The van der Waals surface area contributed by atoms with E-state index in [1.807, 2.05) is 32.0 Å². The van der Waals surface area contributed by atoms with Gasteiger partial charge in [0, 0.05) is 40.7 Å². The molecule has 0 bridgehead atoms. The van der Waals surface area contributed by atoms with Crippen LogP contribution in [0.3, 0.4) is 0 Å². The maximum absolute atomic E-state index is 10.8. The van der Waals surface area contributed by atoms with Gasteiger partial charge in [0.2, 0.25) is 5.88 Å². The molecule has 3 aromatic rings. The number of aromatic nitrogens is 2. The number of hydrogen-bond donors (Lipinski definition) is 0. The van der Waals surface area contributed by atoms with Crippen molar-refractivity contribution in [3.63, 3.8) is 0 Å². The van der Waals surface area contributed by atoms with Gasteiger partial charge >= 0.3 is 0 Å². The Balaban J connectivity index is 1.90. The fourth-order valence-corrected chi connectivity index (χ4v) is 2.93. The molecule has 132 valence electrons. The van der Waals surface area contributed by atoms with Gasteiger partial charge in [-0.05, 0) is 37.6 Å².